The lowest BCUT2D eigenvalue weighted by atomic mass is 9.97. The average molecular weight is 633 g/mol. The van der Waals surface area contributed by atoms with Crippen molar-refractivity contribution in [3.8, 4) is 22.7 Å². The minimum absolute atomic E-state index is 0.0662. The lowest BCUT2D eigenvalue weighted by molar-refractivity contribution is -0.128. The Bertz CT molecular complexity index is 1930. The van der Waals surface area contributed by atoms with E-state index >= 15 is 8.78 Å². The monoisotopic (exact) mass is 632 g/mol. The lowest BCUT2D eigenvalue weighted by Gasteiger charge is -2.44. The Labute approximate surface area is 263 Å². The standard InChI is InChI=1S/C33H34F2N6O5/c1-6-25(43)39-13-18(5)40(14-17(39)4)31-20-12-22(35)28-26-21(34)8-7-9-24(26)46-15-23(42)30(44)19-10-11-36-27(16(2)3)29(19)41(32(20)37-28)33(45)38-31/h6-12,16-18,23,30,42,44H,1,13-15H2,2-5H3/t17-,18+,23?,30?/m1/s1. The van der Waals surface area contributed by atoms with E-state index < -0.39 is 41.8 Å². The summed E-state index contributed by atoms with van der Waals surface area (Å²) in [4.78, 5) is 43.8. The number of carbonyl (C=O) groups is 1. The Balaban J connectivity index is 1.72. The number of hydrogen-bond acceptors (Lipinski definition) is 9. The molecule has 1 aromatic carbocycles. The second-order valence-corrected chi connectivity index (χ2v) is 12.0. The molecule has 6 rings (SSSR count). The first-order valence-electron chi connectivity index (χ1n) is 15.0. The molecule has 2 aliphatic rings. The van der Waals surface area contributed by atoms with E-state index in [0.717, 1.165) is 16.7 Å². The number of halogens is 2. The van der Waals surface area contributed by atoms with E-state index in [9.17, 15) is 19.8 Å². The van der Waals surface area contributed by atoms with Gasteiger partial charge in [0.25, 0.3) is 0 Å². The molecular weight excluding hydrogens is 598 g/mol. The normalized spacial score (nSPS) is 21.3. The van der Waals surface area contributed by atoms with Crippen molar-refractivity contribution in [1.29, 1.82) is 0 Å². The van der Waals surface area contributed by atoms with Crippen LogP contribution in [0.5, 0.6) is 5.75 Å². The number of pyridine rings is 2. The molecule has 4 aromatic rings. The van der Waals surface area contributed by atoms with Crippen LogP contribution < -0.4 is 15.3 Å². The number of fused-ring (bicyclic) bond motifs is 5. The molecule has 5 heterocycles. The van der Waals surface area contributed by atoms with Crippen molar-refractivity contribution in [2.45, 2.75) is 57.9 Å². The van der Waals surface area contributed by atoms with Gasteiger partial charge in [0.15, 0.2) is 11.5 Å². The molecule has 13 heteroatoms. The molecule has 0 spiro atoms. The molecule has 1 amide bonds. The van der Waals surface area contributed by atoms with Crippen molar-refractivity contribution in [3.63, 3.8) is 0 Å². The van der Waals surface area contributed by atoms with Gasteiger partial charge in [-0.05, 0) is 50.1 Å². The van der Waals surface area contributed by atoms with E-state index in [0.29, 0.717) is 5.69 Å². The molecule has 3 aromatic heterocycles. The summed E-state index contributed by atoms with van der Waals surface area (Å²) >= 11 is 0. The van der Waals surface area contributed by atoms with Gasteiger partial charge < -0.3 is 24.7 Å². The third-order valence-electron chi connectivity index (χ3n) is 8.58. The predicted molar refractivity (Wildman–Crippen MR) is 167 cm³/mol. The average Bonchev–Trinajstić information content (AvgIpc) is 3.03. The highest BCUT2D eigenvalue weighted by Crippen LogP contribution is 2.39. The summed E-state index contributed by atoms with van der Waals surface area (Å²) in [5, 5.41) is 22.6. The molecule has 11 nitrogen and oxygen atoms in total. The first kappa shape index (κ1) is 31.2. The van der Waals surface area contributed by atoms with Crippen LogP contribution in [0.4, 0.5) is 14.6 Å². The number of aliphatic hydroxyl groups excluding tert-OH is 2. The van der Waals surface area contributed by atoms with Gasteiger partial charge in [0.05, 0.1) is 22.3 Å². The molecule has 1 fully saturated rings. The number of hydrogen-bond donors (Lipinski definition) is 2. The van der Waals surface area contributed by atoms with E-state index in [-0.39, 0.29) is 76.4 Å². The fraction of sp³-hybridized carbons (Fsp3) is 0.364. The van der Waals surface area contributed by atoms with Crippen LogP contribution in [-0.2, 0) is 4.79 Å². The highest BCUT2D eigenvalue weighted by Gasteiger charge is 2.35. The maximum absolute atomic E-state index is 16.2. The molecule has 240 valence electrons. The molecule has 2 N–H and O–H groups in total. The largest absolute Gasteiger partial charge is 0.490 e. The first-order valence-corrected chi connectivity index (χ1v) is 15.0. The van der Waals surface area contributed by atoms with Crippen LogP contribution in [0.15, 0.2) is 54.0 Å². The summed E-state index contributed by atoms with van der Waals surface area (Å²) in [5.41, 5.74) is -0.936. The smallest absolute Gasteiger partial charge is 0.355 e. The van der Waals surface area contributed by atoms with Crippen LogP contribution >= 0.6 is 0 Å². The molecule has 0 saturated carbocycles. The zero-order valence-corrected chi connectivity index (χ0v) is 25.8. The first-order chi connectivity index (χ1) is 21.9. The predicted octanol–water partition coefficient (Wildman–Crippen LogP) is 3.64. The highest BCUT2D eigenvalue weighted by atomic mass is 19.1. The Morgan fingerprint density at radius 3 is 2.59 bits per heavy atom. The van der Waals surface area contributed by atoms with Crippen molar-refractivity contribution >= 4 is 22.8 Å². The molecule has 4 atom stereocenters. The Kier molecular flexibility index (Phi) is 8.07. The van der Waals surface area contributed by atoms with Gasteiger partial charge in [-0.15, -0.1) is 0 Å². The third-order valence-corrected chi connectivity index (χ3v) is 8.58. The topological polar surface area (TPSA) is 134 Å². The van der Waals surface area contributed by atoms with Crippen molar-refractivity contribution < 1.29 is 28.5 Å². The van der Waals surface area contributed by atoms with Crippen LogP contribution in [0.1, 0.15) is 51.0 Å². The van der Waals surface area contributed by atoms with Crippen molar-refractivity contribution in [2.75, 3.05) is 24.6 Å². The SMILES string of the molecule is C=CC(=O)N1C[C@H](C)N(c2nc(=O)n3c4nc(c(F)cc24)-c2c(F)cccc2OCC(O)C(O)c2ccnc(C(C)C)c2-3)C[C@H]1C. The van der Waals surface area contributed by atoms with Crippen LogP contribution in [0.25, 0.3) is 28.0 Å². The number of rotatable bonds is 3. The Morgan fingerprint density at radius 1 is 1.11 bits per heavy atom. The summed E-state index contributed by atoms with van der Waals surface area (Å²) in [6.07, 6.45) is -0.386. The highest BCUT2D eigenvalue weighted by molar-refractivity contribution is 5.92. The molecule has 0 radical (unpaired) electrons. The zero-order chi connectivity index (χ0) is 33.0. The Hall–Kier alpha value is -4.75. The molecule has 1 saturated heterocycles. The van der Waals surface area contributed by atoms with Crippen molar-refractivity contribution in [1.82, 2.24) is 24.4 Å². The van der Waals surface area contributed by atoms with Crippen LogP contribution in [0.3, 0.4) is 0 Å². The zero-order valence-electron chi connectivity index (χ0n) is 25.8. The van der Waals surface area contributed by atoms with Crippen LogP contribution in [-0.4, -0.2) is 78.4 Å². The number of ether oxygens (including phenoxy) is 1. The molecule has 46 heavy (non-hydrogen) atoms. The van der Waals surface area contributed by atoms with E-state index in [4.69, 9.17) is 4.74 Å². The quantitative estimate of drug-likeness (QED) is 0.325. The summed E-state index contributed by atoms with van der Waals surface area (Å²) in [6, 6.07) is 5.89. The van der Waals surface area contributed by atoms with Gasteiger partial charge in [-0.2, -0.15) is 4.98 Å². The van der Waals surface area contributed by atoms with Gasteiger partial charge in [0.2, 0.25) is 5.91 Å². The number of piperazine rings is 1. The second kappa shape index (κ2) is 11.9. The number of aromatic nitrogens is 4. The fourth-order valence-electron chi connectivity index (χ4n) is 6.27. The summed E-state index contributed by atoms with van der Waals surface area (Å²) in [6.45, 7) is 11.1. The third kappa shape index (κ3) is 5.09. The minimum atomic E-state index is -1.56. The minimum Gasteiger partial charge on any atom is -0.490 e. The number of benzene rings is 1. The maximum atomic E-state index is 16.2. The van der Waals surface area contributed by atoms with Gasteiger partial charge >= 0.3 is 5.69 Å². The van der Waals surface area contributed by atoms with Crippen LogP contribution in [0.2, 0.25) is 0 Å². The van der Waals surface area contributed by atoms with E-state index in [1.807, 2.05) is 32.6 Å². The van der Waals surface area contributed by atoms with E-state index in [1.54, 1.807) is 4.90 Å². The maximum Gasteiger partial charge on any atom is 0.355 e. The van der Waals surface area contributed by atoms with E-state index in [1.165, 1.54) is 30.5 Å². The molecule has 2 aliphatic heterocycles. The van der Waals surface area contributed by atoms with Crippen molar-refractivity contribution in [2.24, 2.45) is 0 Å². The van der Waals surface area contributed by atoms with E-state index in [2.05, 4.69) is 21.5 Å². The fourth-order valence-corrected chi connectivity index (χ4v) is 6.27. The van der Waals surface area contributed by atoms with Crippen LogP contribution in [0, 0.1) is 11.6 Å². The number of carbonyl (C=O) groups excluding carboxylic acids is 1. The number of amides is 1. The molecule has 2 bridgehead atoms. The van der Waals surface area contributed by atoms with Gasteiger partial charge in [-0.25, -0.2) is 23.1 Å². The van der Waals surface area contributed by atoms with Gasteiger partial charge in [0, 0.05) is 36.9 Å². The molecular formula is C33H34F2N6O5. The summed E-state index contributed by atoms with van der Waals surface area (Å²) < 4.78 is 38.6. The number of aliphatic hydroxyl groups is 2. The Morgan fingerprint density at radius 2 is 1.87 bits per heavy atom. The lowest BCUT2D eigenvalue weighted by Crippen LogP contribution is -2.58. The molecule has 0 aliphatic carbocycles. The second-order valence-electron chi connectivity index (χ2n) is 12.0. The number of nitrogens with zero attached hydrogens (tertiary/aromatic N) is 6. The van der Waals surface area contributed by atoms with Gasteiger partial charge in [0.1, 0.15) is 41.9 Å². The van der Waals surface area contributed by atoms with Crippen molar-refractivity contribution in [3.05, 3.63) is 82.6 Å². The summed E-state index contributed by atoms with van der Waals surface area (Å²) in [5.74, 6) is -2.23. The molecule has 2 unspecified atom stereocenters. The van der Waals surface area contributed by atoms with Gasteiger partial charge in [-0.1, -0.05) is 26.5 Å². The summed E-state index contributed by atoms with van der Waals surface area (Å²) in [7, 11) is 0. The van der Waals surface area contributed by atoms with Gasteiger partial charge in [-0.3, -0.25) is 9.78 Å². The number of anilines is 1.